The number of nitrogens with one attached hydrogen (secondary N) is 2. The normalized spacial score (nSPS) is 14.7. The minimum atomic E-state index is -4.78. The quantitative estimate of drug-likeness (QED) is 0.704. The molecule has 1 aliphatic heterocycles. The first-order valence-electron chi connectivity index (χ1n) is 8.42. The molecule has 0 bridgehead atoms. The van der Waals surface area contributed by atoms with Crippen molar-refractivity contribution in [2.75, 3.05) is 16.8 Å². The average molecular weight is 474 g/mol. The maximum absolute atomic E-state index is 12.8. The number of hydrogen-bond donors (Lipinski definition) is 2. The Kier molecular flexibility index (Phi) is 5.91. The fraction of sp³-hybridized carbons (Fsp3) is 0.294. The van der Waals surface area contributed by atoms with Crippen LogP contribution in [0.4, 0.5) is 29.6 Å². The number of fused-ring (bicyclic) bond motifs is 1. The molecule has 8 nitrogen and oxygen atoms in total. The van der Waals surface area contributed by atoms with Gasteiger partial charge in [0, 0.05) is 0 Å². The van der Waals surface area contributed by atoms with Gasteiger partial charge in [-0.25, -0.2) is 14.8 Å². The number of anilines is 2. The van der Waals surface area contributed by atoms with Crippen LogP contribution in [0.2, 0.25) is 0 Å². The molecule has 2 aromatic rings. The lowest BCUT2D eigenvalue weighted by Crippen LogP contribution is -2.48. The highest BCUT2D eigenvalue weighted by molar-refractivity contribution is 9.10. The number of nitrogens with zero attached hydrogens (tertiary/aromatic N) is 3. The Hall–Kier alpha value is -2.89. The molecule has 0 saturated carbocycles. The molecular weight excluding hydrogens is 459 g/mol. The van der Waals surface area contributed by atoms with E-state index in [1.54, 1.807) is 6.92 Å². The van der Waals surface area contributed by atoms with Crippen LogP contribution >= 0.6 is 15.9 Å². The number of aromatic nitrogens is 2. The highest BCUT2D eigenvalue weighted by Gasteiger charge is 2.32. The Bertz CT molecular complexity index is 924. The van der Waals surface area contributed by atoms with Gasteiger partial charge in [-0.1, -0.05) is 19.1 Å². The first kappa shape index (κ1) is 20.8. The van der Waals surface area contributed by atoms with Gasteiger partial charge in [-0.15, -0.1) is 13.2 Å². The summed E-state index contributed by atoms with van der Waals surface area (Å²) in [5.41, 5.74) is 0.582. The molecule has 0 saturated heterocycles. The van der Waals surface area contributed by atoms with Crippen molar-refractivity contribution in [3.05, 3.63) is 40.6 Å². The van der Waals surface area contributed by atoms with Crippen LogP contribution in [0.25, 0.3) is 0 Å². The van der Waals surface area contributed by atoms with E-state index >= 15 is 0 Å². The van der Waals surface area contributed by atoms with E-state index in [1.807, 2.05) is 0 Å². The summed E-state index contributed by atoms with van der Waals surface area (Å²) in [6, 6.07) is 4.13. The fourth-order valence-electron chi connectivity index (χ4n) is 2.75. The van der Waals surface area contributed by atoms with Crippen LogP contribution in [0.3, 0.4) is 0 Å². The Labute approximate surface area is 171 Å². The second-order valence-corrected chi connectivity index (χ2v) is 6.84. The standard InChI is InChI=1S/C17H15BrF3N5O3/c1-2-11(9-3-5-10(6-4-9)29-17(19,20)21)23-16(28)26-8-13(27)25-14-15(26)22-7-12(18)24-14/h3-7,11H,2,8H2,1H3,(H,23,28)(H,24,25,27). The minimum Gasteiger partial charge on any atom is -0.406 e. The van der Waals surface area contributed by atoms with Crippen molar-refractivity contribution < 1.29 is 27.5 Å². The van der Waals surface area contributed by atoms with E-state index < -0.39 is 24.3 Å². The summed E-state index contributed by atoms with van der Waals surface area (Å²) in [5.74, 6) is -0.451. The lowest BCUT2D eigenvalue weighted by molar-refractivity contribution is -0.274. The monoisotopic (exact) mass is 473 g/mol. The molecule has 29 heavy (non-hydrogen) atoms. The largest absolute Gasteiger partial charge is 0.573 e. The third-order valence-electron chi connectivity index (χ3n) is 4.01. The summed E-state index contributed by atoms with van der Waals surface area (Å²) in [7, 11) is 0. The predicted molar refractivity (Wildman–Crippen MR) is 100 cm³/mol. The van der Waals surface area contributed by atoms with Crippen LogP contribution in [0.1, 0.15) is 24.9 Å². The molecule has 3 rings (SSSR count). The van der Waals surface area contributed by atoms with Crippen LogP contribution in [0.15, 0.2) is 35.1 Å². The molecule has 1 aromatic carbocycles. The van der Waals surface area contributed by atoms with Crippen molar-refractivity contribution in [3.63, 3.8) is 0 Å². The number of halogens is 4. The van der Waals surface area contributed by atoms with Gasteiger partial charge in [0.2, 0.25) is 5.91 Å². The SMILES string of the molecule is CCC(NC(=O)N1CC(=O)Nc2nc(Br)cnc21)c1ccc(OC(F)(F)F)cc1. The molecule has 154 valence electrons. The van der Waals surface area contributed by atoms with Gasteiger partial charge in [0.15, 0.2) is 11.6 Å². The fourth-order valence-corrected chi connectivity index (χ4v) is 3.03. The first-order chi connectivity index (χ1) is 13.7. The molecule has 2 N–H and O–H groups in total. The summed E-state index contributed by atoms with van der Waals surface area (Å²) in [4.78, 5) is 34.0. The van der Waals surface area contributed by atoms with Crippen LogP contribution in [0, 0.1) is 0 Å². The molecule has 12 heteroatoms. The van der Waals surface area contributed by atoms with Crippen molar-refractivity contribution >= 4 is 39.5 Å². The number of carbonyl (C=O) groups excluding carboxylic acids is 2. The molecular formula is C17H15BrF3N5O3. The second-order valence-electron chi connectivity index (χ2n) is 6.03. The number of urea groups is 1. The van der Waals surface area contributed by atoms with E-state index in [2.05, 4.69) is 41.3 Å². The maximum Gasteiger partial charge on any atom is 0.573 e. The zero-order chi connectivity index (χ0) is 21.2. The van der Waals surface area contributed by atoms with Gasteiger partial charge in [-0.05, 0) is 40.0 Å². The number of rotatable bonds is 4. The van der Waals surface area contributed by atoms with Crippen molar-refractivity contribution in [2.24, 2.45) is 0 Å². The zero-order valence-corrected chi connectivity index (χ0v) is 16.5. The summed E-state index contributed by atoms with van der Waals surface area (Å²) in [6.45, 7) is 1.56. The number of benzene rings is 1. The molecule has 0 aliphatic carbocycles. The molecule has 0 spiro atoms. The van der Waals surface area contributed by atoms with Crippen molar-refractivity contribution in [1.29, 1.82) is 0 Å². The van der Waals surface area contributed by atoms with Crippen molar-refractivity contribution in [2.45, 2.75) is 25.7 Å². The van der Waals surface area contributed by atoms with E-state index in [-0.39, 0.29) is 23.9 Å². The van der Waals surface area contributed by atoms with E-state index in [9.17, 15) is 22.8 Å². The Morgan fingerprint density at radius 2 is 2.07 bits per heavy atom. The van der Waals surface area contributed by atoms with Gasteiger partial charge in [0.1, 0.15) is 16.9 Å². The van der Waals surface area contributed by atoms with Crippen LogP contribution in [0.5, 0.6) is 5.75 Å². The van der Waals surface area contributed by atoms with Gasteiger partial charge in [0.25, 0.3) is 0 Å². The van der Waals surface area contributed by atoms with Crippen molar-refractivity contribution in [3.8, 4) is 5.75 Å². The lowest BCUT2D eigenvalue weighted by atomic mass is 10.0. The van der Waals surface area contributed by atoms with Gasteiger partial charge in [0.05, 0.1) is 12.2 Å². The smallest absolute Gasteiger partial charge is 0.406 e. The van der Waals surface area contributed by atoms with E-state index in [0.29, 0.717) is 16.6 Å². The molecule has 0 fully saturated rings. The molecule has 2 heterocycles. The zero-order valence-electron chi connectivity index (χ0n) is 15.0. The minimum absolute atomic E-state index is 0.146. The van der Waals surface area contributed by atoms with Gasteiger partial charge < -0.3 is 15.4 Å². The lowest BCUT2D eigenvalue weighted by Gasteiger charge is -2.29. The van der Waals surface area contributed by atoms with Gasteiger partial charge in [-0.2, -0.15) is 0 Å². The molecule has 1 atom stereocenters. The topological polar surface area (TPSA) is 96.5 Å². The number of alkyl halides is 3. The maximum atomic E-state index is 12.8. The Morgan fingerprint density at radius 1 is 1.38 bits per heavy atom. The Morgan fingerprint density at radius 3 is 2.69 bits per heavy atom. The van der Waals surface area contributed by atoms with E-state index in [0.717, 1.165) is 4.90 Å². The van der Waals surface area contributed by atoms with E-state index in [1.165, 1.54) is 30.5 Å². The average Bonchev–Trinajstić information content (AvgIpc) is 2.64. The summed E-state index contributed by atoms with van der Waals surface area (Å²) >= 11 is 3.15. The number of ether oxygens (including phenoxy) is 1. The number of carbonyl (C=O) groups is 2. The van der Waals surface area contributed by atoms with Crippen molar-refractivity contribution in [1.82, 2.24) is 15.3 Å². The number of hydrogen-bond acceptors (Lipinski definition) is 5. The van der Waals surface area contributed by atoms with E-state index in [4.69, 9.17) is 0 Å². The summed E-state index contributed by atoms with van der Waals surface area (Å²) in [5, 5.41) is 5.30. The highest BCUT2D eigenvalue weighted by atomic mass is 79.9. The first-order valence-corrected chi connectivity index (χ1v) is 9.21. The molecule has 0 radical (unpaired) electrons. The third-order valence-corrected chi connectivity index (χ3v) is 4.39. The third kappa shape index (κ3) is 5.13. The highest BCUT2D eigenvalue weighted by Crippen LogP contribution is 2.28. The second kappa shape index (κ2) is 8.23. The van der Waals surface area contributed by atoms with Crippen LogP contribution < -0.4 is 20.3 Å². The molecule has 1 unspecified atom stereocenters. The molecule has 3 amide bonds. The van der Waals surface area contributed by atoms with Crippen LogP contribution in [-0.2, 0) is 4.79 Å². The summed E-state index contributed by atoms with van der Waals surface area (Å²) in [6.07, 6.45) is -2.92. The Balaban J connectivity index is 1.76. The number of amides is 3. The van der Waals surface area contributed by atoms with Crippen LogP contribution in [-0.4, -0.2) is 34.8 Å². The molecule has 1 aliphatic rings. The van der Waals surface area contributed by atoms with Gasteiger partial charge in [-0.3, -0.25) is 9.69 Å². The molecule has 1 aromatic heterocycles. The van der Waals surface area contributed by atoms with Gasteiger partial charge >= 0.3 is 12.4 Å². The predicted octanol–water partition coefficient (Wildman–Crippen LogP) is 3.76. The summed E-state index contributed by atoms with van der Waals surface area (Å²) < 4.78 is 41.1.